The van der Waals surface area contributed by atoms with Gasteiger partial charge in [-0.05, 0) is 26.2 Å². The van der Waals surface area contributed by atoms with Gasteiger partial charge in [-0.3, -0.25) is 0 Å². The zero-order valence-corrected chi connectivity index (χ0v) is 6.79. The van der Waals surface area contributed by atoms with E-state index in [1.54, 1.807) is 0 Å². The third-order valence-corrected chi connectivity index (χ3v) is 2.58. The Balaban J connectivity index is 2.28. The summed E-state index contributed by atoms with van der Waals surface area (Å²) in [5, 5.41) is 0. The fourth-order valence-corrected chi connectivity index (χ4v) is 1.63. The van der Waals surface area contributed by atoms with Gasteiger partial charge in [-0.15, -0.1) is 0 Å². The van der Waals surface area contributed by atoms with E-state index in [0.717, 1.165) is 12.4 Å². The van der Waals surface area contributed by atoms with Gasteiger partial charge in [0.15, 0.2) is 0 Å². The van der Waals surface area contributed by atoms with Crippen molar-refractivity contribution < 1.29 is 4.74 Å². The van der Waals surface area contributed by atoms with Crippen LogP contribution in [0.5, 0.6) is 0 Å². The molecule has 1 aliphatic carbocycles. The molecular formula is C7H14OS. The summed E-state index contributed by atoms with van der Waals surface area (Å²) in [6.07, 6.45) is 3.75. The van der Waals surface area contributed by atoms with Crippen LogP contribution >= 0.6 is 12.6 Å². The van der Waals surface area contributed by atoms with E-state index in [2.05, 4.69) is 12.6 Å². The van der Waals surface area contributed by atoms with Crippen molar-refractivity contribution in [3.8, 4) is 0 Å². The first-order valence-corrected chi connectivity index (χ1v) is 4.21. The average molecular weight is 146 g/mol. The van der Waals surface area contributed by atoms with Crippen LogP contribution in [0.1, 0.15) is 26.2 Å². The average Bonchev–Trinajstić information content (AvgIpc) is 1.79. The molecule has 0 atom stereocenters. The zero-order chi connectivity index (χ0) is 6.74. The Morgan fingerprint density at radius 1 is 1.56 bits per heavy atom. The minimum Gasteiger partial charge on any atom is -0.374 e. The van der Waals surface area contributed by atoms with Gasteiger partial charge in [0.25, 0.3) is 0 Å². The minimum atomic E-state index is 0.178. The molecule has 0 bridgehead atoms. The van der Waals surface area contributed by atoms with Crippen LogP contribution in [0, 0.1) is 0 Å². The molecule has 2 heteroatoms. The summed E-state index contributed by atoms with van der Waals surface area (Å²) in [6, 6.07) is 0. The maximum atomic E-state index is 5.54. The molecule has 0 heterocycles. The molecule has 0 aromatic heterocycles. The lowest BCUT2D eigenvalue weighted by Gasteiger charge is -2.40. The number of hydrogen-bond donors (Lipinski definition) is 1. The van der Waals surface area contributed by atoms with E-state index in [9.17, 15) is 0 Å². The van der Waals surface area contributed by atoms with Crippen LogP contribution in [0.25, 0.3) is 0 Å². The number of hydrogen-bond acceptors (Lipinski definition) is 2. The van der Waals surface area contributed by atoms with Crippen LogP contribution in [0.15, 0.2) is 0 Å². The van der Waals surface area contributed by atoms with Crippen LogP contribution in [0.2, 0.25) is 0 Å². The molecule has 0 aromatic carbocycles. The molecule has 1 rings (SSSR count). The van der Waals surface area contributed by atoms with E-state index in [0.29, 0.717) is 0 Å². The van der Waals surface area contributed by atoms with Crippen molar-refractivity contribution in [2.24, 2.45) is 0 Å². The molecule has 0 N–H and O–H groups in total. The van der Waals surface area contributed by atoms with Gasteiger partial charge in [0.1, 0.15) is 0 Å². The molecule has 0 aromatic rings. The second-order valence-electron chi connectivity index (χ2n) is 2.63. The molecule has 1 aliphatic rings. The van der Waals surface area contributed by atoms with Crippen LogP contribution in [-0.2, 0) is 4.74 Å². The summed E-state index contributed by atoms with van der Waals surface area (Å²) in [5.74, 6) is 0.890. The Labute approximate surface area is 62.2 Å². The summed E-state index contributed by atoms with van der Waals surface area (Å²) in [5.41, 5.74) is 0.178. The van der Waals surface area contributed by atoms with Crippen molar-refractivity contribution in [3.63, 3.8) is 0 Å². The number of thiol groups is 1. The van der Waals surface area contributed by atoms with Gasteiger partial charge in [-0.2, -0.15) is 12.6 Å². The van der Waals surface area contributed by atoms with Crippen molar-refractivity contribution in [1.29, 1.82) is 0 Å². The quantitative estimate of drug-likeness (QED) is 0.598. The number of rotatable bonds is 3. The SMILES string of the molecule is CCOC1(CS)CCC1. The first kappa shape index (κ1) is 7.42. The van der Waals surface area contributed by atoms with E-state index < -0.39 is 0 Å². The van der Waals surface area contributed by atoms with E-state index in [-0.39, 0.29) is 5.60 Å². The Bertz CT molecular complexity index is 83.4. The molecule has 1 saturated carbocycles. The Hall–Kier alpha value is 0.310. The second kappa shape index (κ2) is 2.93. The standard InChI is InChI=1S/C7H14OS/c1-2-8-7(6-9)4-3-5-7/h9H,2-6H2,1H3. The lowest BCUT2D eigenvalue weighted by molar-refractivity contribution is -0.0756. The third-order valence-electron chi connectivity index (χ3n) is 2.00. The molecule has 54 valence electrons. The van der Waals surface area contributed by atoms with Crippen molar-refractivity contribution >= 4 is 12.6 Å². The van der Waals surface area contributed by atoms with Crippen LogP contribution in [-0.4, -0.2) is 18.0 Å². The van der Waals surface area contributed by atoms with E-state index in [1.165, 1.54) is 19.3 Å². The van der Waals surface area contributed by atoms with Crippen molar-refractivity contribution in [3.05, 3.63) is 0 Å². The van der Waals surface area contributed by atoms with Crippen molar-refractivity contribution in [2.45, 2.75) is 31.8 Å². The molecule has 0 saturated heterocycles. The molecule has 1 fully saturated rings. The molecule has 0 unspecified atom stereocenters. The van der Waals surface area contributed by atoms with Gasteiger partial charge >= 0.3 is 0 Å². The molecule has 0 aliphatic heterocycles. The molecule has 9 heavy (non-hydrogen) atoms. The van der Waals surface area contributed by atoms with Crippen molar-refractivity contribution in [1.82, 2.24) is 0 Å². The maximum absolute atomic E-state index is 5.54. The van der Waals surface area contributed by atoms with Gasteiger partial charge in [0, 0.05) is 12.4 Å². The predicted octanol–water partition coefficient (Wildman–Crippen LogP) is 1.88. The minimum absolute atomic E-state index is 0.178. The predicted molar refractivity (Wildman–Crippen MR) is 42.1 cm³/mol. The Morgan fingerprint density at radius 3 is 2.33 bits per heavy atom. The first-order chi connectivity index (χ1) is 4.33. The third kappa shape index (κ3) is 1.41. The fraction of sp³-hybridized carbons (Fsp3) is 1.00. The highest BCUT2D eigenvalue weighted by Crippen LogP contribution is 2.36. The zero-order valence-electron chi connectivity index (χ0n) is 5.89. The normalized spacial score (nSPS) is 23.3. The summed E-state index contributed by atoms with van der Waals surface area (Å²) in [4.78, 5) is 0. The van der Waals surface area contributed by atoms with E-state index in [4.69, 9.17) is 4.74 Å². The van der Waals surface area contributed by atoms with Gasteiger partial charge in [-0.1, -0.05) is 0 Å². The molecule has 0 spiro atoms. The van der Waals surface area contributed by atoms with Gasteiger partial charge in [-0.25, -0.2) is 0 Å². The first-order valence-electron chi connectivity index (χ1n) is 3.58. The molecule has 1 nitrogen and oxygen atoms in total. The fourth-order valence-electron chi connectivity index (χ4n) is 1.23. The lowest BCUT2D eigenvalue weighted by atomic mass is 9.82. The van der Waals surface area contributed by atoms with Crippen molar-refractivity contribution in [2.75, 3.05) is 12.4 Å². The molecular weight excluding hydrogens is 132 g/mol. The smallest absolute Gasteiger partial charge is 0.0769 e. The number of ether oxygens (including phenoxy) is 1. The van der Waals surface area contributed by atoms with Crippen LogP contribution in [0.3, 0.4) is 0 Å². The topological polar surface area (TPSA) is 9.23 Å². The Morgan fingerprint density at radius 2 is 2.22 bits per heavy atom. The maximum Gasteiger partial charge on any atom is 0.0769 e. The summed E-state index contributed by atoms with van der Waals surface area (Å²) < 4.78 is 5.54. The molecule has 0 amide bonds. The highest BCUT2D eigenvalue weighted by atomic mass is 32.1. The second-order valence-corrected chi connectivity index (χ2v) is 2.94. The summed E-state index contributed by atoms with van der Waals surface area (Å²) in [6.45, 7) is 2.88. The van der Waals surface area contributed by atoms with Crippen LogP contribution < -0.4 is 0 Å². The summed E-state index contributed by atoms with van der Waals surface area (Å²) >= 11 is 4.24. The van der Waals surface area contributed by atoms with E-state index in [1.807, 2.05) is 6.92 Å². The molecule has 0 radical (unpaired) electrons. The van der Waals surface area contributed by atoms with Gasteiger partial charge < -0.3 is 4.74 Å². The summed E-state index contributed by atoms with van der Waals surface area (Å²) in [7, 11) is 0. The van der Waals surface area contributed by atoms with E-state index >= 15 is 0 Å². The Kier molecular flexibility index (Phi) is 2.42. The monoisotopic (exact) mass is 146 g/mol. The highest BCUT2D eigenvalue weighted by molar-refractivity contribution is 7.80. The van der Waals surface area contributed by atoms with Gasteiger partial charge in [0.05, 0.1) is 5.60 Å². The highest BCUT2D eigenvalue weighted by Gasteiger charge is 2.35. The lowest BCUT2D eigenvalue weighted by Crippen LogP contribution is -2.41. The van der Waals surface area contributed by atoms with Gasteiger partial charge in [0.2, 0.25) is 0 Å². The largest absolute Gasteiger partial charge is 0.374 e. The van der Waals surface area contributed by atoms with Crippen LogP contribution in [0.4, 0.5) is 0 Å².